The molecule has 0 fully saturated rings. The molecule has 0 amide bonds. The van der Waals surface area contributed by atoms with E-state index in [-0.39, 0.29) is 24.0 Å². The van der Waals surface area contributed by atoms with Crippen LogP contribution in [0, 0.1) is 0 Å². The molecule has 1 aliphatic rings. The Bertz CT molecular complexity index is 114. The number of hydrogen-bond acceptors (Lipinski definition) is 4. The van der Waals surface area contributed by atoms with Crippen LogP contribution in [0.1, 0.15) is 12.8 Å². The summed E-state index contributed by atoms with van der Waals surface area (Å²) in [6.45, 7) is 1.86. The van der Waals surface area contributed by atoms with E-state index in [1.807, 2.05) is 0 Å². The van der Waals surface area contributed by atoms with Gasteiger partial charge in [0.15, 0.2) is 0 Å². The third kappa shape index (κ3) is 3.21. The summed E-state index contributed by atoms with van der Waals surface area (Å²) < 4.78 is 0. The zero-order chi connectivity index (χ0) is 6.53. The second kappa shape index (κ2) is 5.72. The molecule has 0 bridgehead atoms. The maximum absolute atomic E-state index is 5.13. The van der Waals surface area contributed by atoms with E-state index in [0.717, 1.165) is 19.5 Å². The smallest absolute Gasteiger partial charge is 0.205 e. The normalized spacial score (nSPS) is 17.5. The Balaban J connectivity index is 0.000000810. The molecule has 0 aromatic rings. The molecule has 1 rings (SSSR count). The maximum Gasteiger partial charge on any atom is 0.205 e. The Kier molecular flexibility index (Phi) is 5.70. The van der Waals surface area contributed by atoms with Gasteiger partial charge in [0.25, 0.3) is 0 Å². The molecule has 0 aromatic carbocycles. The fraction of sp³-hybridized carbons (Fsp3) is 0.800. The number of guanidine groups is 1. The minimum Gasteiger partial charge on any atom is -0.355 e. The molecule has 0 radical (unpaired) electrons. The molecule has 4 N–H and O–H groups in total. The van der Waals surface area contributed by atoms with E-state index in [9.17, 15) is 0 Å². The molecule has 5 heteroatoms. The van der Waals surface area contributed by atoms with E-state index in [4.69, 9.17) is 5.84 Å². The van der Waals surface area contributed by atoms with E-state index in [2.05, 4.69) is 15.7 Å². The van der Waals surface area contributed by atoms with Crippen molar-refractivity contribution in [2.45, 2.75) is 12.8 Å². The van der Waals surface area contributed by atoms with Crippen LogP contribution in [0.25, 0.3) is 0 Å². The summed E-state index contributed by atoms with van der Waals surface area (Å²) in [7, 11) is 0. The van der Waals surface area contributed by atoms with Crippen LogP contribution < -0.4 is 16.6 Å². The minimum absolute atomic E-state index is 0. The summed E-state index contributed by atoms with van der Waals surface area (Å²) in [5, 5.41) is 3.05. The fourth-order valence-electron chi connectivity index (χ4n) is 0.787. The number of nitrogens with two attached hydrogens (primary N) is 1. The highest BCUT2D eigenvalue weighted by Crippen LogP contribution is 1.91. The van der Waals surface area contributed by atoms with Gasteiger partial charge in [0, 0.05) is 13.1 Å². The molecule has 10 heavy (non-hydrogen) atoms. The largest absolute Gasteiger partial charge is 0.355 e. The number of rotatable bonds is 0. The van der Waals surface area contributed by atoms with Crippen molar-refractivity contribution in [1.82, 2.24) is 10.7 Å². The lowest BCUT2D eigenvalue weighted by molar-refractivity contribution is 0.744. The molecule has 4 nitrogen and oxygen atoms in total. The van der Waals surface area contributed by atoms with Gasteiger partial charge in [0.1, 0.15) is 0 Å². The Morgan fingerprint density at radius 1 is 1.50 bits per heavy atom. The lowest BCUT2D eigenvalue weighted by Crippen LogP contribution is -2.41. The van der Waals surface area contributed by atoms with E-state index in [1.54, 1.807) is 0 Å². The van der Waals surface area contributed by atoms with Crippen molar-refractivity contribution in [2.24, 2.45) is 10.8 Å². The van der Waals surface area contributed by atoms with Crippen molar-refractivity contribution < 1.29 is 0 Å². The van der Waals surface area contributed by atoms with E-state index in [0.29, 0.717) is 5.96 Å². The van der Waals surface area contributed by atoms with Gasteiger partial charge in [-0.15, -0.1) is 24.0 Å². The van der Waals surface area contributed by atoms with Gasteiger partial charge in [-0.25, -0.2) is 5.84 Å². The molecule has 0 atom stereocenters. The van der Waals surface area contributed by atoms with Crippen molar-refractivity contribution in [3.8, 4) is 0 Å². The fourth-order valence-corrected chi connectivity index (χ4v) is 0.787. The summed E-state index contributed by atoms with van der Waals surface area (Å²) in [5.74, 6) is 5.84. The second-order valence-electron chi connectivity index (χ2n) is 2.01. The first-order valence-corrected chi connectivity index (χ1v) is 3.18. The number of nitrogens with one attached hydrogen (secondary N) is 2. The number of nitrogens with zero attached hydrogens (tertiary/aromatic N) is 1. The van der Waals surface area contributed by atoms with Crippen LogP contribution in [0.4, 0.5) is 0 Å². The highest BCUT2D eigenvalue weighted by molar-refractivity contribution is 14.0. The Morgan fingerprint density at radius 2 is 2.30 bits per heavy atom. The average molecular weight is 256 g/mol. The van der Waals surface area contributed by atoms with Gasteiger partial charge in [0.2, 0.25) is 5.96 Å². The summed E-state index contributed by atoms with van der Waals surface area (Å²) >= 11 is 0. The van der Waals surface area contributed by atoms with Crippen LogP contribution in [0.5, 0.6) is 0 Å². The van der Waals surface area contributed by atoms with Gasteiger partial charge >= 0.3 is 0 Å². The van der Waals surface area contributed by atoms with Crippen LogP contribution in [-0.2, 0) is 0 Å². The molecule has 60 valence electrons. The first kappa shape index (κ1) is 9.96. The molecule has 1 aliphatic heterocycles. The summed E-state index contributed by atoms with van der Waals surface area (Å²) in [5.41, 5.74) is 2.48. The van der Waals surface area contributed by atoms with Crippen molar-refractivity contribution in [3.63, 3.8) is 0 Å². The monoisotopic (exact) mass is 256 g/mol. The number of hydrazine groups is 1. The first-order chi connectivity index (χ1) is 4.43. The van der Waals surface area contributed by atoms with Crippen LogP contribution >= 0.6 is 24.0 Å². The summed E-state index contributed by atoms with van der Waals surface area (Å²) in [6.07, 6.45) is 2.33. The Hall–Kier alpha value is -0.0400. The highest BCUT2D eigenvalue weighted by atomic mass is 127. The van der Waals surface area contributed by atoms with Gasteiger partial charge in [-0.1, -0.05) is 0 Å². The van der Waals surface area contributed by atoms with Crippen LogP contribution in [0.3, 0.4) is 0 Å². The topological polar surface area (TPSA) is 62.4 Å². The van der Waals surface area contributed by atoms with Crippen molar-refractivity contribution in [2.75, 3.05) is 13.1 Å². The van der Waals surface area contributed by atoms with E-state index >= 15 is 0 Å². The quantitative estimate of drug-likeness (QED) is 0.320. The van der Waals surface area contributed by atoms with Gasteiger partial charge in [0.05, 0.1) is 0 Å². The van der Waals surface area contributed by atoms with Crippen molar-refractivity contribution >= 4 is 29.9 Å². The molecule has 0 aliphatic carbocycles. The van der Waals surface area contributed by atoms with Crippen LogP contribution in [0.2, 0.25) is 0 Å². The predicted octanol–water partition coefficient (Wildman–Crippen LogP) is -0.193. The summed E-state index contributed by atoms with van der Waals surface area (Å²) in [6, 6.07) is 0. The molecule has 0 aromatic heterocycles. The lowest BCUT2D eigenvalue weighted by atomic mass is 10.3. The third-order valence-corrected chi connectivity index (χ3v) is 1.28. The molecular weight excluding hydrogens is 243 g/mol. The standard InChI is InChI=1S/C5H12N4.HI/c6-9-5-7-3-1-2-4-8-5;/h1-4,6H2,(H2,7,8,9);1H. The predicted molar refractivity (Wildman–Crippen MR) is 52.3 cm³/mol. The first-order valence-electron chi connectivity index (χ1n) is 3.18. The Labute approximate surface area is 77.6 Å². The second-order valence-corrected chi connectivity index (χ2v) is 2.01. The average Bonchev–Trinajstić information content (AvgIpc) is 2.13. The van der Waals surface area contributed by atoms with E-state index < -0.39 is 0 Å². The number of hydrogen-bond donors (Lipinski definition) is 3. The van der Waals surface area contributed by atoms with Gasteiger partial charge in [-0.3, -0.25) is 10.4 Å². The molecule has 0 spiro atoms. The van der Waals surface area contributed by atoms with Crippen LogP contribution in [-0.4, -0.2) is 19.0 Å². The molecule has 1 heterocycles. The van der Waals surface area contributed by atoms with Crippen LogP contribution in [0.15, 0.2) is 4.99 Å². The van der Waals surface area contributed by atoms with Gasteiger partial charge in [-0.2, -0.15) is 0 Å². The van der Waals surface area contributed by atoms with Crippen molar-refractivity contribution in [1.29, 1.82) is 0 Å². The van der Waals surface area contributed by atoms with E-state index in [1.165, 1.54) is 6.42 Å². The Morgan fingerprint density at radius 3 is 3.00 bits per heavy atom. The number of aliphatic imine (C=N–C) groups is 1. The zero-order valence-corrected chi connectivity index (χ0v) is 8.09. The molecule has 0 unspecified atom stereocenters. The lowest BCUT2D eigenvalue weighted by Gasteiger charge is -2.02. The maximum atomic E-state index is 5.13. The third-order valence-electron chi connectivity index (χ3n) is 1.28. The number of halogens is 1. The van der Waals surface area contributed by atoms with Gasteiger partial charge in [-0.05, 0) is 12.8 Å². The van der Waals surface area contributed by atoms with Crippen molar-refractivity contribution in [3.05, 3.63) is 0 Å². The molecule has 0 saturated carbocycles. The highest BCUT2D eigenvalue weighted by Gasteiger charge is 1.98. The summed E-state index contributed by atoms with van der Waals surface area (Å²) in [4.78, 5) is 4.11. The molecule has 0 saturated heterocycles. The molecular formula is C5H13IN4. The minimum atomic E-state index is 0. The zero-order valence-electron chi connectivity index (χ0n) is 5.76. The SMILES string of the molecule is I.NNC1=NCCCCN1. The van der Waals surface area contributed by atoms with Gasteiger partial charge < -0.3 is 5.32 Å².